The number of rotatable bonds is 6. The number of carbonyl (C=O) groups is 2. The largest absolute Gasteiger partial charge is 0.422 e. The zero-order valence-corrected chi connectivity index (χ0v) is 18.6. The highest BCUT2D eigenvalue weighted by atomic mass is 19.1. The molecule has 0 radical (unpaired) electrons. The molecule has 1 aliphatic rings. The van der Waals surface area contributed by atoms with Crippen LogP contribution in [0, 0.1) is 21.7 Å². The quantitative estimate of drug-likeness (QED) is 0.207. The number of nitrogens with one attached hydrogen (secondary N) is 1. The molecule has 4 rings (SSSR count). The van der Waals surface area contributed by atoms with Crippen molar-refractivity contribution in [2.75, 3.05) is 0 Å². The standard InChI is InChI=1S/C26H22F2N2O5/c27-18-9-12-21(23(28)15-18)17-8-13-24(22(14-17)25(31)29-19-4-2-1-3-5-19)35-26(32)16-6-10-20(11-7-16)30(33)34/h6-15,19H,1-5H2,(H,29,31). The van der Waals surface area contributed by atoms with Crippen LogP contribution in [0.25, 0.3) is 11.1 Å². The van der Waals surface area contributed by atoms with Crippen LogP contribution in [0.4, 0.5) is 14.5 Å². The Labute approximate surface area is 199 Å². The number of ether oxygens (including phenoxy) is 1. The molecule has 0 heterocycles. The van der Waals surface area contributed by atoms with Crippen LogP contribution in [0.3, 0.4) is 0 Å². The molecule has 0 aliphatic heterocycles. The summed E-state index contributed by atoms with van der Waals surface area (Å²) in [5, 5.41) is 13.8. The molecule has 7 nitrogen and oxygen atoms in total. The van der Waals surface area contributed by atoms with Crippen molar-refractivity contribution in [2.24, 2.45) is 0 Å². The molecule has 1 aliphatic carbocycles. The predicted molar refractivity (Wildman–Crippen MR) is 124 cm³/mol. The van der Waals surface area contributed by atoms with E-state index in [4.69, 9.17) is 4.74 Å². The zero-order chi connectivity index (χ0) is 24.9. The molecular weight excluding hydrogens is 458 g/mol. The molecule has 0 saturated heterocycles. The summed E-state index contributed by atoms with van der Waals surface area (Å²) in [6.45, 7) is 0. The lowest BCUT2D eigenvalue weighted by Gasteiger charge is -2.23. The molecule has 35 heavy (non-hydrogen) atoms. The SMILES string of the molecule is O=C(Oc1ccc(-c2ccc(F)cc2F)cc1C(=O)NC1CCCCC1)c1ccc([N+](=O)[O-])cc1. The molecule has 1 saturated carbocycles. The van der Waals surface area contributed by atoms with E-state index in [0.29, 0.717) is 5.56 Å². The van der Waals surface area contributed by atoms with Crippen LogP contribution in [0.5, 0.6) is 5.75 Å². The molecule has 1 amide bonds. The second-order valence-corrected chi connectivity index (χ2v) is 8.34. The van der Waals surface area contributed by atoms with Gasteiger partial charge in [0.2, 0.25) is 0 Å². The normalized spacial score (nSPS) is 13.8. The summed E-state index contributed by atoms with van der Waals surface area (Å²) >= 11 is 0. The predicted octanol–water partition coefficient (Wildman–Crippen LogP) is 5.82. The summed E-state index contributed by atoms with van der Waals surface area (Å²) < 4.78 is 33.2. The number of nitrogens with zero attached hydrogens (tertiary/aromatic N) is 1. The molecule has 1 N–H and O–H groups in total. The first kappa shape index (κ1) is 24.0. The van der Waals surface area contributed by atoms with Gasteiger partial charge in [-0.1, -0.05) is 25.3 Å². The van der Waals surface area contributed by atoms with Crippen molar-refractivity contribution in [1.82, 2.24) is 5.32 Å². The van der Waals surface area contributed by atoms with Gasteiger partial charge in [-0.3, -0.25) is 14.9 Å². The van der Waals surface area contributed by atoms with Crippen molar-refractivity contribution >= 4 is 17.6 Å². The minimum atomic E-state index is -0.813. The number of nitro groups is 1. The first-order valence-electron chi connectivity index (χ1n) is 11.2. The molecule has 9 heteroatoms. The Kier molecular flexibility index (Phi) is 7.14. The van der Waals surface area contributed by atoms with E-state index >= 15 is 0 Å². The summed E-state index contributed by atoms with van der Waals surface area (Å²) in [5.74, 6) is -2.86. The molecule has 3 aromatic rings. The highest BCUT2D eigenvalue weighted by Gasteiger charge is 2.22. The van der Waals surface area contributed by atoms with Crippen molar-refractivity contribution in [1.29, 1.82) is 0 Å². The number of carbonyl (C=O) groups excluding carboxylic acids is 2. The summed E-state index contributed by atoms with van der Waals surface area (Å²) in [4.78, 5) is 36.1. The minimum absolute atomic E-state index is 0.0204. The van der Waals surface area contributed by atoms with Gasteiger partial charge in [0.05, 0.1) is 16.1 Å². The Balaban J connectivity index is 1.65. The number of nitro benzene ring substituents is 1. The first-order valence-corrected chi connectivity index (χ1v) is 11.2. The van der Waals surface area contributed by atoms with E-state index in [1.165, 1.54) is 48.5 Å². The maximum atomic E-state index is 14.4. The third-order valence-corrected chi connectivity index (χ3v) is 5.92. The number of hydrogen-bond donors (Lipinski definition) is 1. The van der Waals surface area contributed by atoms with Crippen LogP contribution in [0.1, 0.15) is 52.8 Å². The van der Waals surface area contributed by atoms with Crippen LogP contribution in [0.2, 0.25) is 0 Å². The molecular formula is C26H22F2N2O5. The second kappa shape index (κ2) is 10.4. The molecule has 0 spiro atoms. The summed E-state index contributed by atoms with van der Waals surface area (Å²) in [7, 11) is 0. The van der Waals surface area contributed by atoms with Gasteiger partial charge in [-0.25, -0.2) is 13.6 Å². The number of hydrogen-bond acceptors (Lipinski definition) is 5. The highest BCUT2D eigenvalue weighted by Crippen LogP contribution is 2.30. The molecule has 3 aromatic carbocycles. The Morgan fingerprint density at radius 1 is 0.943 bits per heavy atom. The minimum Gasteiger partial charge on any atom is -0.422 e. The van der Waals surface area contributed by atoms with Gasteiger partial charge in [-0.15, -0.1) is 0 Å². The Bertz CT molecular complexity index is 1270. The zero-order valence-electron chi connectivity index (χ0n) is 18.6. The highest BCUT2D eigenvalue weighted by molar-refractivity contribution is 6.00. The number of non-ortho nitro benzene ring substituents is 1. The Morgan fingerprint density at radius 2 is 1.66 bits per heavy atom. The third kappa shape index (κ3) is 5.68. The van der Waals surface area contributed by atoms with E-state index in [1.807, 2.05) is 0 Å². The van der Waals surface area contributed by atoms with Crippen molar-refractivity contribution in [3.8, 4) is 16.9 Å². The van der Waals surface area contributed by atoms with Crippen molar-refractivity contribution in [3.05, 3.63) is 93.5 Å². The van der Waals surface area contributed by atoms with Gasteiger partial charge in [0, 0.05) is 29.8 Å². The molecule has 0 bridgehead atoms. The molecule has 180 valence electrons. The average Bonchev–Trinajstić information content (AvgIpc) is 2.85. The van der Waals surface area contributed by atoms with E-state index in [9.17, 15) is 28.5 Å². The van der Waals surface area contributed by atoms with Gasteiger partial charge in [0.15, 0.2) is 0 Å². The van der Waals surface area contributed by atoms with Gasteiger partial charge in [-0.05, 0) is 54.8 Å². The summed E-state index contributed by atoms with van der Waals surface area (Å²) in [6.07, 6.45) is 4.75. The maximum absolute atomic E-state index is 14.4. The lowest BCUT2D eigenvalue weighted by atomic mass is 9.95. The molecule has 0 atom stereocenters. The van der Waals surface area contributed by atoms with E-state index in [2.05, 4.69) is 5.32 Å². The number of halogens is 2. The van der Waals surface area contributed by atoms with E-state index in [0.717, 1.165) is 44.2 Å². The van der Waals surface area contributed by atoms with Crippen LogP contribution < -0.4 is 10.1 Å². The smallest absolute Gasteiger partial charge is 0.343 e. The first-order chi connectivity index (χ1) is 16.8. The number of benzene rings is 3. The van der Waals surface area contributed by atoms with Crippen molar-refractivity contribution in [2.45, 2.75) is 38.1 Å². The molecule has 1 fully saturated rings. The monoisotopic (exact) mass is 480 g/mol. The summed E-state index contributed by atoms with van der Waals surface area (Å²) in [6, 6.07) is 12.2. The van der Waals surface area contributed by atoms with Gasteiger partial charge in [0.1, 0.15) is 17.4 Å². The fourth-order valence-electron chi connectivity index (χ4n) is 4.08. The topological polar surface area (TPSA) is 98.5 Å². The van der Waals surface area contributed by atoms with Crippen LogP contribution >= 0.6 is 0 Å². The van der Waals surface area contributed by atoms with Crippen LogP contribution in [-0.4, -0.2) is 22.8 Å². The molecule has 0 aromatic heterocycles. The Morgan fingerprint density at radius 3 is 2.31 bits per heavy atom. The fourth-order valence-corrected chi connectivity index (χ4v) is 4.08. The lowest BCUT2D eigenvalue weighted by molar-refractivity contribution is -0.384. The number of amides is 1. The van der Waals surface area contributed by atoms with Crippen molar-refractivity contribution < 1.29 is 28.0 Å². The second-order valence-electron chi connectivity index (χ2n) is 8.34. The van der Waals surface area contributed by atoms with Gasteiger partial charge < -0.3 is 10.1 Å². The van der Waals surface area contributed by atoms with Gasteiger partial charge in [0.25, 0.3) is 11.6 Å². The van der Waals surface area contributed by atoms with E-state index < -0.39 is 28.4 Å². The van der Waals surface area contributed by atoms with Gasteiger partial charge in [-0.2, -0.15) is 0 Å². The maximum Gasteiger partial charge on any atom is 0.343 e. The molecule has 0 unspecified atom stereocenters. The lowest BCUT2D eigenvalue weighted by Crippen LogP contribution is -2.36. The Hall–Kier alpha value is -4.14. The number of esters is 1. The van der Waals surface area contributed by atoms with Crippen LogP contribution in [0.15, 0.2) is 60.7 Å². The van der Waals surface area contributed by atoms with Crippen LogP contribution in [-0.2, 0) is 0 Å². The third-order valence-electron chi connectivity index (χ3n) is 5.92. The van der Waals surface area contributed by atoms with Crippen molar-refractivity contribution in [3.63, 3.8) is 0 Å². The average molecular weight is 480 g/mol. The van der Waals surface area contributed by atoms with E-state index in [1.54, 1.807) is 0 Å². The summed E-state index contributed by atoms with van der Waals surface area (Å²) in [5.41, 5.74) is 0.299. The van der Waals surface area contributed by atoms with E-state index in [-0.39, 0.29) is 34.2 Å². The fraction of sp³-hybridized carbons (Fsp3) is 0.231. The van der Waals surface area contributed by atoms with Gasteiger partial charge >= 0.3 is 5.97 Å².